The first-order valence-electron chi connectivity index (χ1n) is 7.48. The van der Waals surface area contributed by atoms with Crippen molar-refractivity contribution >= 4 is 23.9 Å². The van der Waals surface area contributed by atoms with E-state index in [0.717, 1.165) is 33.8 Å². The van der Waals surface area contributed by atoms with Crippen molar-refractivity contribution in [3.63, 3.8) is 0 Å². The molecular weight excluding hydrogens is 354 g/mol. The first-order valence-corrected chi connectivity index (χ1v) is 7.48. The molecule has 11 nitrogen and oxygen atoms in total. The summed E-state index contributed by atoms with van der Waals surface area (Å²) in [4.78, 5) is 54.8. The maximum atomic E-state index is 11.4. The molecule has 0 rings (SSSR count). The van der Waals surface area contributed by atoms with Crippen LogP contribution >= 0.6 is 0 Å². The van der Waals surface area contributed by atoms with Gasteiger partial charge in [0, 0.05) is 34.1 Å². The lowest BCUT2D eigenvalue weighted by Gasteiger charge is -2.31. The molecule has 0 bridgehead atoms. The molecule has 0 fully saturated rings. The smallest absolute Gasteiger partial charge is 0.303 e. The molecule has 0 N–H and O–H groups in total. The van der Waals surface area contributed by atoms with Gasteiger partial charge in [-0.1, -0.05) is 0 Å². The lowest BCUT2D eigenvalue weighted by molar-refractivity contribution is -0.402. The third-order valence-electron chi connectivity index (χ3n) is 2.72. The van der Waals surface area contributed by atoms with E-state index in [4.69, 9.17) is 18.9 Å². The van der Waals surface area contributed by atoms with Gasteiger partial charge in [0.1, 0.15) is 12.7 Å². The second kappa shape index (κ2) is 11.6. The van der Waals surface area contributed by atoms with Crippen LogP contribution in [0, 0.1) is 10.1 Å². The van der Waals surface area contributed by atoms with E-state index in [9.17, 15) is 29.3 Å². The predicted molar refractivity (Wildman–Crippen MR) is 84.0 cm³/mol. The van der Waals surface area contributed by atoms with Gasteiger partial charge in [0.25, 0.3) is 0 Å². The van der Waals surface area contributed by atoms with Gasteiger partial charge in [-0.15, -0.1) is 0 Å². The fourth-order valence-electron chi connectivity index (χ4n) is 1.93. The van der Waals surface area contributed by atoms with Crippen LogP contribution in [0.5, 0.6) is 0 Å². The Morgan fingerprint density at radius 1 is 0.885 bits per heavy atom. The zero-order chi connectivity index (χ0) is 20.3. The largest absolute Gasteiger partial charge is 0.462 e. The molecule has 3 atom stereocenters. The van der Waals surface area contributed by atoms with E-state index < -0.39 is 53.7 Å². The van der Waals surface area contributed by atoms with Crippen LogP contribution in [-0.2, 0) is 38.1 Å². The maximum absolute atomic E-state index is 11.4. The number of carbonyl (C=O) groups excluding carboxylic acids is 4. The SMILES string of the molecule is CC(=O)OCC(OC(C)=O)C(OC(C)=O)C(C/C=C/[N+](=O)[O-])OC(C)=O. The number of rotatable bonds is 10. The molecule has 146 valence electrons. The van der Waals surface area contributed by atoms with Crippen molar-refractivity contribution in [3.05, 3.63) is 22.4 Å². The summed E-state index contributed by atoms with van der Waals surface area (Å²) in [6.45, 7) is 3.89. The van der Waals surface area contributed by atoms with Crippen LogP contribution < -0.4 is 0 Å². The number of esters is 4. The van der Waals surface area contributed by atoms with Gasteiger partial charge in [0.15, 0.2) is 12.2 Å². The highest BCUT2D eigenvalue weighted by atomic mass is 16.6. The molecule has 3 unspecified atom stereocenters. The molecule has 0 aromatic carbocycles. The minimum atomic E-state index is -1.35. The van der Waals surface area contributed by atoms with E-state index in [1.165, 1.54) is 0 Å². The van der Waals surface area contributed by atoms with E-state index >= 15 is 0 Å². The van der Waals surface area contributed by atoms with Crippen molar-refractivity contribution in [3.8, 4) is 0 Å². The number of nitrogens with zero attached hydrogens (tertiary/aromatic N) is 1. The average Bonchev–Trinajstić information content (AvgIpc) is 2.46. The Kier molecular flexibility index (Phi) is 10.2. The van der Waals surface area contributed by atoms with Gasteiger partial charge in [-0.25, -0.2) is 0 Å². The van der Waals surface area contributed by atoms with Crippen molar-refractivity contribution in [2.24, 2.45) is 0 Å². The molecule has 26 heavy (non-hydrogen) atoms. The van der Waals surface area contributed by atoms with Crippen molar-refractivity contribution < 1.29 is 43.0 Å². The van der Waals surface area contributed by atoms with Crippen LogP contribution in [-0.4, -0.2) is 53.7 Å². The highest BCUT2D eigenvalue weighted by Gasteiger charge is 2.37. The van der Waals surface area contributed by atoms with E-state index in [-0.39, 0.29) is 6.42 Å². The van der Waals surface area contributed by atoms with Gasteiger partial charge in [0.05, 0.1) is 4.92 Å². The van der Waals surface area contributed by atoms with Crippen LogP contribution in [0.4, 0.5) is 0 Å². The molecule has 0 saturated heterocycles. The Labute approximate surface area is 149 Å². The summed E-state index contributed by atoms with van der Waals surface area (Å²) < 4.78 is 19.9. The lowest BCUT2D eigenvalue weighted by atomic mass is 10.0. The summed E-state index contributed by atoms with van der Waals surface area (Å²) in [7, 11) is 0. The van der Waals surface area contributed by atoms with Crippen molar-refractivity contribution in [2.75, 3.05) is 6.61 Å². The molecule has 0 spiro atoms. The summed E-state index contributed by atoms with van der Waals surface area (Å²) >= 11 is 0. The number of hydrogen-bond donors (Lipinski definition) is 0. The molecule has 0 aromatic heterocycles. The fourth-order valence-corrected chi connectivity index (χ4v) is 1.93. The van der Waals surface area contributed by atoms with E-state index in [1.807, 2.05) is 0 Å². The van der Waals surface area contributed by atoms with Crippen molar-refractivity contribution in [2.45, 2.75) is 52.4 Å². The topological polar surface area (TPSA) is 148 Å². The summed E-state index contributed by atoms with van der Waals surface area (Å²) in [5, 5.41) is 10.4. The number of ether oxygens (including phenoxy) is 4. The monoisotopic (exact) mass is 375 g/mol. The van der Waals surface area contributed by atoms with E-state index in [0.29, 0.717) is 6.20 Å². The second-order valence-corrected chi connectivity index (χ2v) is 5.08. The lowest BCUT2D eigenvalue weighted by Crippen LogP contribution is -2.47. The molecule has 0 radical (unpaired) electrons. The molecule has 11 heteroatoms. The fraction of sp³-hybridized carbons (Fsp3) is 0.600. The van der Waals surface area contributed by atoms with Crippen LogP contribution in [0.1, 0.15) is 34.1 Å². The highest BCUT2D eigenvalue weighted by Crippen LogP contribution is 2.18. The predicted octanol–water partition coefficient (Wildman–Crippen LogP) is 0.525. The Hall–Kier alpha value is -2.98. The summed E-state index contributed by atoms with van der Waals surface area (Å²) in [5.74, 6) is -2.98. The highest BCUT2D eigenvalue weighted by molar-refractivity contribution is 5.68. The Morgan fingerprint density at radius 3 is 1.81 bits per heavy atom. The van der Waals surface area contributed by atoms with Crippen molar-refractivity contribution in [1.82, 2.24) is 0 Å². The van der Waals surface area contributed by atoms with Gasteiger partial charge in [-0.05, 0) is 6.08 Å². The Bertz CT molecular complexity index is 571. The number of nitro groups is 1. The molecule has 0 aliphatic carbocycles. The van der Waals surface area contributed by atoms with Gasteiger partial charge >= 0.3 is 23.9 Å². The molecule has 0 aromatic rings. The molecule has 0 amide bonds. The maximum Gasteiger partial charge on any atom is 0.303 e. The molecule has 0 aliphatic rings. The van der Waals surface area contributed by atoms with E-state index in [1.54, 1.807) is 0 Å². The van der Waals surface area contributed by atoms with Crippen molar-refractivity contribution in [1.29, 1.82) is 0 Å². The molecule has 0 aliphatic heterocycles. The quantitative estimate of drug-likeness (QED) is 0.229. The average molecular weight is 375 g/mol. The summed E-state index contributed by atoms with van der Waals surface area (Å²) in [6, 6.07) is 0. The zero-order valence-corrected chi connectivity index (χ0v) is 14.8. The number of hydrogen-bond acceptors (Lipinski definition) is 10. The van der Waals surface area contributed by atoms with Gasteiger partial charge < -0.3 is 18.9 Å². The normalized spacial score (nSPS) is 14.0. The van der Waals surface area contributed by atoms with Gasteiger partial charge in [-0.2, -0.15) is 0 Å². The first kappa shape index (κ1) is 23.0. The Morgan fingerprint density at radius 2 is 1.38 bits per heavy atom. The third kappa shape index (κ3) is 10.7. The summed E-state index contributed by atoms with van der Waals surface area (Å²) in [5.41, 5.74) is 0. The Balaban J connectivity index is 5.65. The van der Waals surface area contributed by atoms with Crippen LogP contribution in [0.15, 0.2) is 12.3 Å². The minimum absolute atomic E-state index is 0.212. The van der Waals surface area contributed by atoms with Crippen LogP contribution in [0.3, 0.4) is 0 Å². The van der Waals surface area contributed by atoms with Gasteiger partial charge in [-0.3, -0.25) is 29.3 Å². The molecule has 0 saturated carbocycles. The molecule has 0 heterocycles. The summed E-state index contributed by atoms with van der Waals surface area (Å²) in [6.07, 6.45) is -2.36. The zero-order valence-electron chi connectivity index (χ0n) is 14.8. The standard InChI is InChI=1S/C15H21NO10/c1-9(17)23-8-14(25-11(3)19)15(26-12(4)20)13(24-10(2)18)6-5-7-16(21)22/h5,7,13-15H,6,8H2,1-4H3/b7-5+. The van der Waals surface area contributed by atoms with Crippen LogP contribution in [0.2, 0.25) is 0 Å². The number of carbonyl (C=O) groups is 4. The van der Waals surface area contributed by atoms with Gasteiger partial charge in [0.2, 0.25) is 6.20 Å². The second-order valence-electron chi connectivity index (χ2n) is 5.08. The van der Waals surface area contributed by atoms with Crippen LogP contribution in [0.25, 0.3) is 0 Å². The third-order valence-corrected chi connectivity index (χ3v) is 2.72. The molecular formula is C15H21NO10. The first-order chi connectivity index (χ1) is 12.0. The van der Waals surface area contributed by atoms with E-state index in [2.05, 4.69) is 0 Å². The minimum Gasteiger partial charge on any atom is -0.462 e.